The number of ether oxygens (including phenoxy) is 2. The number of aliphatic hydroxyl groups is 1. The Labute approximate surface area is 99.9 Å². The molecule has 1 aromatic rings. The van der Waals surface area contributed by atoms with Crippen molar-refractivity contribution in [3.05, 3.63) is 28.8 Å². The number of hydrogen-bond donors (Lipinski definition) is 1. The van der Waals surface area contributed by atoms with E-state index in [9.17, 15) is 5.11 Å². The van der Waals surface area contributed by atoms with Gasteiger partial charge in [0, 0.05) is 18.6 Å². The summed E-state index contributed by atoms with van der Waals surface area (Å²) in [5, 5.41) is 10.2. The number of aliphatic hydroxyl groups excluding tert-OH is 1. The molecule has 0 spiro atoms. The second-order valence-electron chi connectivity index (χ2n) is 3.90. The summed E-state index contributed by atoms with van der Waals surface area (Å²) in [6.45, 7) is 0.571. The van der Waals surface area contributed by atoms with Crippen molar-refractivity contribution in [2.24, 2.45) is 0 Å². The molecule has 1 aliphatic rings. The first kappa shape index (κ1) is 11.7. The average molecular weight is 243 g/mol. The Bertz CT molecular complexity index is 367. The fourth-order valence-electron chi connectivity index (χ4n) is 1.99. The summed E-state index contributed by atoms with van der Waals surface area (Å²) in [7, 11) is 1.59. The Morgan fingerprint density at radius 2 is 2.31 bits per heavy atom. The Hall–Kier alpha value is -0.770. The van der Waals surface area contributed by atoms with Crippen LogP contribution < -0.4 is 4.74 Å². The number of methoxy groups -OCH3 is 1. The highest BCUT2D eigenvalue weighted by atomic mass is 35.5. The molecular weight excluding hydrogens is 228 g/mol. The third-order valence-electron chi connectivity index (χ3n) is 2.80. The van der Waals surface area contributed by atoms with Gasteiger partial charge in [0.25, 0.3) is 0 Å². The largest absolute Gasteiger partial charge is 0.495 e. The molecule has 3 nitrogen and oxygen atoms in total. The lowest BCUT2D eigenvalue weighted by Gasteiger charge is -2.28. The fourth-order valence-corrected chi connectivity index (χ4v) is 2.25. The van der Waals surface area contributed by atoms with Crippen molar-refractivity contribution in [3.8, 4) is 5.75 Å². The maximum atomic E-state index is 9.62. The molecule has 0 bridgehead atoms. The molecule has 0 saturated carbocycles. The molecule has 1 aliphatic heterocycles. The third-order valence-corrected chi connectivity index (χ3v) is 3.10. The van der Waals surface area contributed by atoms with Crippen LogP contribution in [-0.4, -0.2) is 24.9 Å². The molecule has 1 heterocycles. The minimum absolute atomic E-state index is 0.127. The van der Waals surface area contributed by atoms with Crippen LogP contribution in [0.3, 0.4) is 0 Å². The Balaban J connectivity index is 2.28. The molecule has 0 aliphatic carbocycles. The molecule has 2 rings (SSSR count). The molecule has 1 fully saturated rings. The summed E-state index contributed by atoms with van der Waals surface area (Å²) in [4.78, 5) is 0. The van der Waals surface area contributed by atoms with Crippen molar-refractivity contribution < 1.29 is 14.6 Å². The van der Waals surface area contributed by atoms with E-state index in [1.807, 2.05) is 12.1 Å². The van der Waals surface area contributed by atoms with E-state index in [1.165, 1.54) is 0 Å². The average Bonchev–Trinajstić information content (AvgIpc) is 2.28. The SMILES string of the molecule is COc1c(Cl)cccc1C1CC(O)CCO1. The molecule has 2 unspecified atom stereocenters. The van der Waals surface area contributed by atoms with E-state index < -0.39 is 0 Å². The standard InChI is InChI=1S/C12H15ClO3/c1-15-12-9(3-2-4-10(12)13)11-7-8(14)5-6-16-11/h2-4,8,11,14H,5-7H2,1H3. The van der Waals surface area contributed by atoms with Crippen LogP contribution in [0.1, 0.15) is 24.5 Å². The van der Waals surface area contributed by atoms with Crippen LogP contribution in [0.25, 0.3) is 0 Å². The van der Waals surface area contributed by atoms with Gasteiger partial charge in [-0.2, -0.15) is 0 Å². The Morgan fingerprint density at radius 3 is 3.00 bits per heavy atom. The summed E-state index contributed by atoms with van der Waals surface area (Å²) in [5.74, 6) is 0.642. The smallest absolute Gasteiger partial charge is 0.143 e. The van der Waals surface area contributed by atoms with Gasteiger partial charge in [-0.25, -0.2) is 0 Å². The first-order valence-electron chi connectivity index (χ1n) is 5.34. The molecule has 0 aromatic heterocycles. The van der Waals surface area contributed by atoms with E-state index in [2.05, 4.69) is 0 Å². The van der Waals surface area contributed by atoms with Crippen LogP contribution in [-0.2, 0) is 4.74 Å². The molecule has 16 heavy (non-hydrogen) atoms. The summed E-state index contributed by atoms with van der Waals surface area (Å²) < 4.78 is 10.9. The van der Waals surface area contributed by atoms with E-state index in [0.717, 1.165) is 5.56 Å². The van der Waals surface area contributed by atoms with Crippen molar-refractivity contribution in [2.75, 3.05) is 13.7 Å². The molecule has 2 atom stereocenters. The zero-order valence-corrected chi connectivity index (χ0v) is 9.91. The lowest BCUT2D eigenvalue weighted by molar-refractivity contribution is -0.0455. The first-order chi connectivity index (χ1) is 7.72. The molecule has 1 N–H and O–H groups in total. The van der Waals surface area contributed by atoms with Crippen molar-refractivity contribution in [3.63, 3.8) is 0 Å². The Morgan fingerprint density at radius 1 is 1.50 bits per heavy atom. The number of halogens is 1. The van der Waals surface area contributed by atoms with E-state index in [0.29, 0.717) is 30.2 Å². The summed E-state index contributed by atoms with van der Waals surface area (Å²) in [6.07, 6.45) is 0.857. The van der Waals surface area contributed by atoms with Crippen LogP contribution in [0.5, 0.6) is 5.75 Å². The van der Waals surface area contributed by atoms with Crippen LogP contribution >= 0.6 is 11.6 Å². The topological polar surface area (TPSA) is 38.7 Å². The van der Waals surface area contributed by atoms with Gasteiger partial charge in [-0.1, -0.05) is 23.7 Å². The second-order valence-corrected chi connectivity index (χ2v) is 4.31. The highest BCUT2D eigenvalue weighted by Gasteiger charge is 2.25. The van der Waals surface area contributed by atoms with E-state index in [4.69, 9.17) is 21.1 Å². The number of benzene rings is 1. The second kappa shape index (κ2) is 5.04. The fraction of sp³-hybridized carbons (Fsp3) is 0.500. The van der Waals surface area contributed by atoms with Crippen LogP contribution in [0.15, 0.2) is 18.2 Å². The van der Waals surface area contributed by atoms with Crippen molar-refractivity contribution >= 4 is 11.6 Å². The maximum absolute atomic E-state index is 9.62. The zero-order valence-electron chi connectivity index (χ0n) is 9.15. The van der Waals surface area contributed by atoms with Gasteiger partial charge in [0.15, 0.2) is 0 Å². The number of rotatable bonds is 2. The number of hydrogen-bond acceptors (Lipinski definition) is 3. The zero-order chi connectivity index (χ0) is 11.5. The van der Waals surface area contributed by atoms with E-state index in [1.54, 1.807) is 13.2 Å². The summed E-state index contributed by atoms with van der Waals surface area (Å²) >= 11 is 6.04. The highest BCUT2D eigenvalue weighted by Crippen LogP contribution is 2.37. The molecule has 0 radical (unpaired) electrons. The molecule has 4 heteroatoms. The lowest BCUT2D eigenvalue weighted by atomic mass is 9.98. The molecule has 1 saturated heterocycles. The van der Waals surface area contributed by atoms with Crippen molar-refractivity contribution in [1.82, 2.24) is 0 Å². The van der Waals surface area contributed by atoms with E-state index >= 15 is 0 Å². The minimum Gasteiger partial charge on any atom is -0.495 e. The van der Waals surface area contributed by atoms with Gasteiger partial charge in [0.2, 0.25) is 0 Å². The molecule has 1 aromatic carbocycles. The van der Waals surface area contributed by atoms with Gasteiger partial charge < -0.3 is 14.6 Å². The summed E-state index contributed by atoms with van der Waals surface area (Å²) in [5.41, 5.74) is 0.911. The van der Waals surface area contributed by atoms with Gasteiger partial charge in [0.05, 0.1) is 24.3 Å². The van der Waals surface area contributed by atoms with Gasteiger partial charge >= 0.3 is 0 Å². The van der Waals surface area contributed by atoms with Crippen LogP contribution in [0.4, 0.5) is 0 Å². The van der Waals surface area contributed by atoms with Crippen molar-refractivity contribution in [2.45, 2.75) is 25.0 Å². The third kappa shape index (κ3) is 2.32. The molecule has 88 valence electrons. The van der Waals surface area contributed by atoms with Crippen molar-refractivity contribution in [1.29, 1.82) is 0 Å². The minimum atomic E-state index is -0.303. The normalized spacial score (nSPS) is 25.4. The van der Waals surface area contributed by atoms with Gasteiger partial charge in [-0.3, -0.25) is 0 Å². The molecule has 0 amide bonds. The summed E-state index contributed by atoms with van der Waals surface area (Å²) in [6, 6.07) is 5.57. The Kier molecular flexibility index (Phi) is 3.69. The monoisotopic (exact) mass is 242 g/mol. The maximum Gasteiger partial charge on any atom is 0.143 e. The van der Waals surface area contributed by atoms with Gasteiger partial charge in [-0.05, 0) is 12.5 Å². The van der Waals surface area contributed by atoms with E-state index in [-0.39, 0.29) is 12.2 Å². The first-order valence-corrected chi connectivity index (χ1v) is 5.72. The molecular formula is C12H15ClO3. The lowest BCUT2D eigenvalue weighted by Crippen LogP contribution is -2.23. The van der Waals surface area contributed by atoms with Gasteiger partial charge in [0.1, 0.15) is 5.75 Å². The predicted octanol–water partition coefficient (Wildman–Crippen LogP) is 2.56. The van der Waals surface area contributed by atoms with Gasteiger partial charge in [-0.15, -0.1) is 0 Å². The number of para-hydroxylation sites is 1. The predicted molar refractivity (Wildman–Crippen MR) is 61.9 cm³/mol. The van der Waals surface area contributed by atoms with Crippen LogP contribution in [0.2, 0.25) is 5.02 Å². The highest BCUT2D eigenvalue weighted by molar-refractivity contribution is 6.32. The quantitative estimate of drug-likeness (QED) is 0.866. The van der Waals surface area contributed by atoms with Crippen LogP contribution in [0, 0.1) is 0 Å².